The molecule has 224 valence electrons. The number of carbonyl (C=O) groups is 3. The number of allylic oxidation sites excluding steroid dienone is 1. The van der Waals surface area contributed by atoms with Gasteiger partial charge >= 0.3 is 17.9 Å². The summed E-state index contributed by atoms with van der Waals surface area (Å²) < 4.78 is 30.1. The highest BCUT2D eigenvalue weighted by atomic mass is 16.6. The Kier molecular flexibility index (Phi) is 6.37. The molecular formula is C32H42O9. The molecule has 9 heteroatoms. The number of hydrogen-bond acceptors (Lipinski definition) is 9. The molecule has 0 bridgehead atoms. The molecule has 4 fully saturated rings. The van der Waals surface area contributed by atoms with Crippen molar-refractivity contribution < 1.29 is 42.9 Å². The second-order valence-electron chi connectivity index (χ2n) is 13.9. The van der Waals surface area contributed by atoms with E-state index in [9.17, 15) is 19.5 Å². The van der Waals surface area contributed by atoms with E-state index in [0.29, 0.717) is 25.9 Å². The molecule has 6 rings (SSSR count). The predicted molar refractivity (Wildman–Crippen MR) is 145 cm³/mol. The van der Waals surface area contributed by atoms with Gasteiger partial charge < -0.3 is 28.5 Å². The lowest BCUT2D eigenvalue weighted by atomic mass is 9.36. The second-order valence-corrected chi connectivity index (χ2v) is 13.9. The van der Waals surface area contributed by atoms with E-state index in [4.69, 9.17) is 23.4 Å². The molecule has 1 aromatic rings. The minimum Gasteiger partial charge on any atom is -0.472 e. The number of ether oxygens (including phenoxy) is 4. The summed E-state index contributed by atoms with van der Waals surface area (Å²) in [5.41, 5.74) is -0.578. The first-order valence-corrected chi connectivity index (χ1v) is 14.7. The summed E-state index contributed by atoms with van der Waals surface area (Å²) in [4.78, 5) is 37.3. The predicted octanol–water partition coefficient (Wildman–Crippen LogP) is 4.33. The third-order valence-electron chi connectivity index (χ3n) is 12.0. The van der Waals surface area contributed by atoms with Crippen LogP contribution in [0.1, 0.15) is 79.2 Å². The zero-order chi connectivity index (χ0) is 29.7. The van der Waals surface area contributed by atoms with Crippen molar-refractivity contribution in [3.63, 3.8) is 0 Å². The summed E-state index contributed by atoms with van der Waals surface area (Å²) in [6.07, 6.45) is 4.06. The van der Waals surface area contributed by atoms with Gasteiger partial charge in [0.2, 0.25) is 0 Å². The number of aliphatic hydroxyl groups is 1. The highest BCUT2D eigenvalue weighted by Crippen LogP contribution is 2.75. The van der Waals surface area contributed by atoms with Crippen LogP contribution in [0.5, 0.6) is 0 Å². The molecule has 1 N–H and O–H groups in total. The number of fused-ring (bicyclic) bond motifs is 4. The Bertz CT molecular complexity index is 1290. The quantitative estimate of drug-likeness (QED) is 0.320. The molecule has 0 amide bonds. The summed E-state index contributed by atoms with van der Waals surface area (Å²) in [7, 11) is 0. The van der Waals surface area contributed by atoms with Crippen molar-refractivity contribution >= 4 is 17.9 Å². The molecule has 9 nitrogen and oxygen atoms in total. The first-order chi connectivity index (χ1) is 19.2. The van der Waals surface area contributed by atoms with Gasteiger partial charge in [0.15, 0.2) is 0 Å². The van der Waals surface area contributed by atoms with Crippen molar-refractivity contribution in [3.05, 3.63) is 35.8 Å². The van der Waals surface area contributed by atoms with E-state index in [1.807, 2.05) is 6.07 Å². The number of hydrogen-bond donors (Lipinski definition) is 1. The molecule has 41 heavy (non-hydrogen) atoms. The van der Waals surface area contributed by atoms with Gasteiger partial charge in [-0.25, -0.2) is 0 Å². The maximum Gasteiger partial charge on any atom is 0.302 e. The van der Waals surface area contributed by atoms with E-state index in [1.165, 1.54) is 20.8 Å². The van der Waals surface area contributed by atoms with Crippen molar-refractivity contribution in [2.75, 3.05) is 6.61 Å². The lowest BCUT2D eigenvalue weighted by molar-refractivity contribution is -0.271. The first-order valence-electron chi connectivity index (χ1n) is 14.7. The van der Waals surface area contributed by atoms with Gasteiger partial charge in [0, 0.05) is 60.7 Å². The van der Waals surface area contributed by atoms with Crippen LogP contribution >= 0.6 is 0 Å². The van der Waals surface area contributed by atoms with E-state index < -0.39 is 64.1 Å². The Morgan fingerprint density at radius 2 is 1.54 bits per heavy atom. The van der Waals surface area contributed by atoms with Crippen molar-refractivity contribution in [2.24, 2.45) is 33.5 Å². The van der Waals surface area contributed by atoms with Gasteiger partial charge in [-0.3, -0.25) is 14.4 Å². The topological polar surface area (TPSA) is 122 Å². The van der Waals surface area contributed by atoms with Crippen LogP contribution in [0.3, 0.4) is 0 Å². The Morgan fingerprint density at radius 3 is 2.15 bits per heavy atom. The van der Waals surface area contributed by atoms with Crippen molar-refractivity contribution in [3.8, 4) is 0 Å². The van der Waals surface area contributed by atoms with Crippen LogP contribution in [0.4, 0.5) is 0 Å². The fourth-order valence-corrected chi connectivity index (χ4v) is 10.5. The average Bonchev–Trinajstić information content (AvgIpc) is 3.60. The second kappa shape index (κ2) is 9.17. The molecule has 0 radical (unpaired) electrons. The summed E-state index contributed by atoms with van der Waals surface area (Å²) >= 11 is 0. The van der Waals surface area contributed by atoms with Crippen LogP contribution in [0.25, 0.3) is 0 Å². The fraction of sp³-hybridized carbons (Fsp3) is 0.719. The Hall–Kier alpha value is -2.65. The largest absolute Gasteiger partial charge is 0.472 e. The molecule has 1 aromatic heterocycles. The molecule has 1 saturated heterocycles. The van der Waals surface area contributed by atoms with Gasteiger partial charge in [0.05, 0.1) is 31.3 Å². The zero-order valence-electron chi connectivity index (χ0n) is 25.0. The standard InChI is InChI=1S/C32H42O9/c1-16(33)39-23-13-25(41-18(3)35)32(7)22-12-24(40-17(2)34)30(5)20(19-10-11-37-14-19)8-9-21(30)31(22,6)28(36)26-27(32)29(23,4)15-38-26/h9-11,14,20,22-28,36H,8,12-13,15H2,1-7H3/t20-,22-,23+,24-,25-,26+,27+,28+,29+,30-,31-,32-/m0/s1. The zero-order valence-corrected chi connectivity index (χ0v) is 25.0. The summed E-state index contributed by atoms with van der Waals surface area (Å²) in [6.45, 7) is 13.0. The molecule has 0 spiro atoms. The number of aliphatic hydroxyl groups excluding tert-OH is 1. The summed E-state index contributed by atoms with van der Waals surface area (Å²) in [5, 5.41) is 12.4. The summed E-state index contributed by atoms with van der Waals surface area (Å²) in [5.74, 6) is -1.70. The van der Waals surface area contributed by atoms with Crippen LogP contribution in [0.15, 0.2) is 34.7 Å². The van der Waals surface area contributed by atoms with E-state index in [0.717, 1.165) is 11.1 Å². The fourth-order valence-electron chi connectivity index (χ4n) is 10.5. The van der Waals surface area contributed by atoms with Gasteiger partial charge in [-0.15, -0.1) is 0 Å². The lowest BCUT2D eigenvalue weighted by Gasteiger charge is -2.70. The monoisotopic (exact) mass is 570 g/mol. The number of rotatable bonds is 4. The SMILES string of the molecule is CC(=O)O[C@H]1C[C@H]2[C@](C)(C3=CC[C@@H](c4ccoc4)[C@@]31C)[C@H](O)[C@@H]1OC[C@@]3(C)[C@@H]1[C@]2(C)[C@@H](OC(C)=O)C[C@H]3OC(C)=O. The Morgan fingerprint density at radius 1 is 0.902 bits per heavy atom. The molecule has 3 saturated carbocycles. The van der Waals surface area contributed by atoms with Crippen LogP contribution in [0.2, 0.25) is 0 Å². The van der Waals surface area contributed by atoms with Crippen LogP contribution in [0, 0.1) is 33.5 Å². The molecule has 0 aromatic carbocycles. The van der Waals surface area contributed by atoms with Crippen molar-refractivity contribution in [1.29, 1.82) is 0 Å². The Balaban J connectivity index is 1.54. The van der Waals surface area contributed by atoms with E-state index >= 15 is 0 Å². The van der Waals surface area contributed by atoms with Crippen molar-refractivity contribution in [1.82, 2.24) is 0 Å². The van der Waals surface area contributed by atoms with E-state index in [-0.39, 0.29) is 23.7 Å². The van der Waals surface area contributed by atoms with Crippen molar-refractivity contribution in [2.45, 2.75) is 104 Å². The molecule has 1 aliphatic heterocycles. The van der Waals surface area contributed by atoms with E-state index in [2.05, 4.69) is 33.8 Å². The minimum atomic E-state index is -0.881. The third kappa shape index (κ3) is 3.63. The highest BCUT2D eigenvalue weighted by Gasteiger charge is 2.78. The van der Waals surface area contributed by atoms with Crippen LogP contribution in [-0.4, -0.2) is 60.1 Å². The smallest absolute Gasteiger partial charge is 0.302 e. The minimum absolute atomic E-state index is 0.00478. The average molecular weight is 571 g/mol. The third-order valence-corrected chi connectivity index (χ3v) is 12.0. The molecule has 0 unspecified atom stereocenters. The van der Waals surface area contributed by atoms with Gasteiger partial charge in [-0.1, -0.05) is 39.3 Å². The van der Waals surface area contributed by atoms with Gasteiger partial charge in [0.1, 0.15) is 18.3 Å². The maximum atomic E-state index is 12.6. The molecule has 5 aliphatic rings. The first kappa shape index (κ1) is 28.5. The maximum absolute atomic E-state index is 12.6. The summed E-state index contributed by atoms with van der Waals surface area (Å²) in [6, 6.07) is 1.96. The van der Waals surface area contributed by atoms with Gasteiger partial charge in [0.25, 0.3) is 0 Å². The molecule has 2 heterocycles. The number of carbonyl (C=O) groups excluding carboxylic acids is 3. The normalized spacial score (nSPS) is 47.9. The van der Waals surface area contributed by atoms with E-state index in [1.54, 1.807) is 12.5 Å². The highest BCUT2D eigenvalue weighted by molar-refractivity contribution is 5.67. The molecular weight excluding hydrogens is 528 g/mol. The number of esters is 3. The van der Waals surface area contributed by atoms with Gasteiger partial charge in [-0.2, -0.15) is 0 Å². The van der Waals surface area contributed by atoms with Gasteiger partial charge in [-0.05, 0) is 30.4 Å². The lowest BCUT2D eigenvalue weighted by Crippen LogP contribution is -2.74. The Labute approximate surface area is 240 Å². The molecule has 12 atom stereocenters. The van der Waals surface area contributed by atoms with Crippen LogP contribution < -0.4 is 0 Å². The van der Waals surface area contributed by atoms with Crippen LogP contribution in [-0.2, 0) is 33.3 Å². The number of furan rings is 1. The molecule has 4 aliphatic carbocycles.